The summed E-state index contributed by atoms with van der Waals surface area (Å²) in [6.07, 6.45) is 3.17. The zero-order valence-electron chi connectivity index (χ0n) is 2.55. The normalized spacial score (nSPS) is 8.00. The van der Waals surface area contributed by atoms with Crippen molar-refractivity contribution >= 4 is 0 Å². The Labute approximate surface area is 29.0 Å². The van der Waals surface area contributed by atoms with Crippen molar-refractivity contribution in [2.45, 2.75) is 0 Å². The lowest BCUT2D eigenvalue weighted by Gasteiger charge is -1.48. The third-order valence-electron chi connectivity index (χ3n) is 0.331. The molecule has 5 heavy (non-hydrogen) atoms. The molecule has 0 bridgehead atoms. The van der Waals surface area contributed by atoms with Crippen LogP contribution < -0.4 is 0 Å². The van der Waals surface area contributed by atoms with E-state index in [4.69, 9.17) is 0 Å². The predicted molar refractivity (Wildman–Crippen MR) is 16.4 cm³/mol. The van der Waals surface area contributed by atoms with Gasteiger partial charge in [-0.3, -0.25) is 0 Å². The highest BCUT2D eigenvalue weighted by atomic mass is 15.7. The van der Waals surface area contributed by atoms with Gasteiger partial charge < -0.3 is 0 Å². The number of hydrogen-bond donors (Lipinski definition) is 1. The first-order valence-electron chi connectivity index (χ1n) is 1.30. The quantitative estimate of drug-likeness (QED) is 0.459. The van der Waals surface area contributed by atoms with Crippen LogP contribution in [0.4, 0.5) is 0 Å². The lowest BCUT2D eigenvalue weighted by atomic mass is 11.0. The monoisotopic (exact) mass is 70.0 g/mol. The number of aromatic amines is 1. The van der Waals surface area contributed by atoms with Gasteiger partial charge in [0.1, 0.15) is 0 Å². The number of nitrogens with zero attached hydrogens (tertiary/aromatic N) is 2. The lowest BCUT2D eigenvalue weighted by molar-refractivity contribution is 0.940. The van der Waals surface area contributed by atoms with Gasteiger partial charge in [0.2, 0.25) is 0 Å². The number of H-pyrrole nitrogens is 1. The number of aromatic nitrogens is 3. The summed E-state index contributed by atoms with van der Waals surface area (Å²) in [5.74, 6) is 0. The van der Waals surface area contributed by atoms with Crippen LogP contribution in [-0.2, 0) is 0 Å². The third kappa shape index (κ3) is 0.238. The third-order valence-corrected chi connectivity index (χ3v) is 0.331. The Morgan fingerprint density at radius 3 is 2.00 bits per heavy atom. The fraction of sp³-hybridized carbons (Fsp3) is 0. The van der Waals surface area contributed by atoms with Gasteiger partial charge in [-0.1, -0.05) is 0 Å². The SMILES string of the molecule is c1c[15n][nH]n1. The largest absolute Gasteiger partial charge is 0.198 e. The van der Waals surface area contributed by atoms with Gasteiger partial charge in [0.15, 0.2) is 0 Å². The van der Waals surface area contributed by atoms with Gasteiger partial charge in [0.25, 0.3) is 0 Å². The molecule has 3 nitrogen and oxygen atoms in total. The lowest BCUT2D eigenvalue weighted by Crippen LogP contribution is -1.61. The van der Waals surface area contributed by atoms with E-state index in [1.807, 2.05) is 0 Å². The topological polar surface area (TPSA) is 41.6 Å². The molecule has 0 aliphatic rings. The second-order valence-corrected chi connectivity index (χ2v) is 0.656. The van der Waals surface area contributed by atoms with Crippen LogP contribution in [0.2, 0.25) is 0 Å². The maximum atomic E-state index is 3.49. The Hall–Kier alpha value is -0.860. The molecule has 0 fully saturated rings. The van der Waals surface area contributed by atoms with Gasteiger partial charge in [0.05, 0.1) is 12.4 Å². The zero-order valence-corrected chi connectivity index (χ0v) is 2.55. The van der Waals surface area contributed by atoms with Crippen molar-refractivity contribution in [1.29, 1.82) is 0 Å². The van der Waals surface area contributed by atoms with Crippen molar-refractivity contribution in [2.75, 3.05) is 0 Å². The minimum absolute atomic E-state index is 1.58. The van der Waals surface area contributed by atoms with E-state index in [0.29, 0.717) is 0 Å². The van der Waals surface area contributed by atoms with Crippen molar-refractivity contribution in [1.82, 2.24) is 15.4 Å². The van der Waals surface area contributed by atoms with E-state index in [1.54, 1.807) is 12.4 Å². The minimum atomic E-state index is 1.58. The van der Waals surface area contributed by atoms with E-state index in [2.05, 4.69) is 15.4 Å². The number of rotatable bonds is 0. The Balaban J connectivity index is 3.13. The van der Waals surface area contributed by atoms with Crippen LogP contribution in [0.15, 0.2) is 12.4 Å². The molecule has 0 spiro atoms. The molecule has 0 aliphatic carbocycles. The second kappa shape index (κ2) is 0.839. The summed E-state index contributed by atoms with van der Waals surface area (Å²) in [6.45, 7) is 0. The molecular weight excluding hydrogens is 67.0 g/mol. The summed E-state index contributed by atoms with van der Waals surface area (Å²) in [5.41, 5.74) is 0. The van der Waals surface area contributed by atoms with E-state index < -0.39 is 0 Å². The molecule has 0 saturated carbocycles. The van der Waals surface area contributed by atoms with Gasteiger partial charge in [-0.05, 0) is 0 Å². The highest BCUT2D eigenvalue weighted by Crippen LogP contribution is 1.55. The molecule has 0 aliphatic heterocycles. The van der Waals surface area contributed by atoms with Gasteiger partial charge in [-0.25, -0.2) is 0 Å². The van der Waals surface area contributed by atoms with Crippen molar-refractivity contribution in [3.05, 3.63) is 12.4 Å². The average Bonchev–Trinajstić information content (AvgIpc) is 1.76. The number of hydrogen-bond acceptors (Lipinski definition) is 2. The van der Waals surface area contributed by atoms with E-state index in [-0.39, 0.29) is 0 Å². The summed E-state index contributed by atoms with van der Waals surface area (Å²) in [7, 11) is 0. The van der Waals surface area contributed by atoms with Crippen LogP contribution >= 0.6 is 0 Å². The molecule has 1 heterocycles. The highest BCUT2D eigenvalue weighted by Gasteiger charge is 1.57. The Morgan fingerprint density at radius 2 is 1.80 bits per heavy atom. The molecular formula is C2H3N3. The van der Waals surface area contributed by atoms with Gasteiger partial charge in [-0.2, -0.15) is 15.4 Å². The fourth-order valence-electron chi connectivity index (χ4n) is 0.167. The van der Waals surface area contributed by atoms with E-state index in [1.165, 1.54) is 0 Å². The maximum absolute atomic E-state index is 3.49. The Bertz CT molecular complexity index is 61.4. The molecule has 1 N–H and O–H groups in total. The molecule has 0 aromatic carbocycles. The first-order valence-corrected chi connectivity index (χ1v) is 1.30. The molecule has 0 amide bonds. The van der Waals surface area contributed by atoms with Crippen molar-refractivity contribution < 1.29 is 0 Å². The zero-order chi connectivity index (χ0) is 3.54. The molecule has 0 atom stereocenters. The van der Waals surface area contributed by atoms with Crippen LogP contribution in [-0.4, -0.2) is 15.4 Å². The van der Waals surface area contributed by atoms with Crippen LogP contribution in [0.5, 0.6) is 0 Å². The average molecular weight is 70.1 g/mol. The molecule has 1 rings (SSSR count). The van der Waals surface area contributed by atoms with Gasteiger partial charge in [0, 0.05) is 0 Å². The molecule has 3 heteroatoms. The molecule has 0 radical (unpaired) electrons. The summed E-state index contributed by atoms with van der Waals surface area (Å²) < 4.78 is 0. The fourth-order valence-corrected chi connectivity index (χ4v) is 0.167. The van der Waals surface area contributed by atoms with Crippen molar-refractivity contribution in [3.63, 3.8) is 0 Å². The smallest absolute Gasteiger partial charge is 0.0690 e. The molecule has 26 valence electrons. The predicted octanol–water partition coefficient (Wildman–Crippen LogP) is -0.195. The van der Waals surface area contributed by atoms with Gasteiger partial charge >= 0.3 is 0 Å². The maximum Gasteiger partial charge on any atom is 0.0690 e. The first-order chi connectivity index (χ1) is 2.50. The summed E-state index contributed by atoms with van der Waals surface area (Å²) in [5, 5.41) is 9.33. The van der Waals surface area contributed by atoms with Gasteiger partial charge in [-0.15, -0.1) is 0 Å². The van der Waals surface area contributed by atoms with E-state index in [0.717, 1.165) is 0 Å². The van der Waals surface area contributed by atoms with E-state index >= 15 is 0 Å². The van der Waals surface area contributed by atoms with Crippen LogP contribution in [0.1, 0.15) is 0 Å². The van der Waals surface area contributed by atoms with Crippen molar-refractivity contribution in [2.24, 2.45) is 0 Å². The number of nitrogens with one attached hydrogen (secondary N) is 1. The summed E-state index contributed by atoms with van der Waals surface area (Å²) in [4.78, 5) is 0. The minimum Gasteiger partial charge on any atom is -0.198 e. The highest BCUT2D eigenvalue weighted by molar-refractivity contribution is 4.54. The van der Waals surface area contributed by atoms with Crippen molar-refractivity contribution in [3.8, 4) is 0 Å². The molecule has 1 aromatic heterocycles. The summed E-state index contributed by atoms with van der Waals surface area (Å²) >= 11 is 0. The molecule has 1 aromatic rings. The van der Waals surface area contributed by atoms with Crippen LogP contribution in [0.25, 0.3) is 0 Å². The Morgan fingerprint density at radius 1 is 1.20 bits per heavy atom. The Kier molecular flexibility index (Phi) is 0.400. The first kappa shape index (κ1) is 2.38. The second-order valence-electron chi connectivity index (χ2n) is 0.656. The molecule has 0 saturated heterocycles. The van der Waals surface area contributed by atoms with Crippen LogP contribution in [0.3, 0.4) is 0 Å². The summed E-state index contributed by atoms with van der Waals surface area (Å²) in [6, 6.07) is 0. The van der Waals surface area contributed by atoms with Crippen LogP contribution in [0, 0.1) is 0 Å². The van der Waals surface area contributed by atoms with E-state index in [9.17, 15) is 0 Å². The standard InChI is InChI=1S/C2H3N3/c1-2-4-5-3-1/h1-2H,(H,3,4,5)/i3+1. The molecule has 0 unspecified atom stereocenters.